The average molecular weight is 309 g/mol. The monoisotopic (exact) mass is 309 g/mol. The number of nitrogens with two attached hydrogens (primary N) is 1. The minimum atomic E-state index is -3.81. The van der Waals surface area contributed by atoms with Gasteiger partial charge >= 0.3 is 5.69 Å². The van der Waals surface area contributed by atoms with Gasteiger partial charge in [0.15, 0.2) is 0 Å². The molecule has 0 aliphatic heterocycles. The van der Waals surface area contributed by atoms with Crippen molar-refractivity contribution in [3.05, 3.63) is 39.4 Å². The van der Waals surface area contributed by atoms with Crippen LogP contribution in [0.2, 0.25) is 0 Å². The first kappa shape index (κ1) is 15.9. The Labute approximate surface area is 111 Å². The standard InChI is InChI=1S/C9H9F2N3O5S/c10-6-4-8(14(16)17)7(11)3-5(6)9(15)13-1-2-20(12,18)19/h3-4H,1-2H2,(H,13,15)(H2,12,18,19). The number of primary sulfonamides is 1. The molecule has 0 saturated heterocycles. The van der Waals surface area contributed by atoms with Crippen LogP contribution < -0.4 is 10.5 Å². The summed E-state index contributed by atoms with van der Waals surface area (Å²) in [6.45, 7) is -0.407. The molecule has 1 aromatic rings. The summed E-state index contributed by atoms with van der Waals surface area (Å²) in [6, 6.07) is 0.629. The topological polar surface area (TPSA) is 132 Å². The van der Waals surface area contributed by atoms with Gasteiger partial charge in [0.1, 0.15) is 5.82 Å². The van der Waals surface area contributed by atoms with Crippen LogP contribution in [0.4, 0.5) is 14.5 Å². The summed E-state index contributed by atoms with van der Waals surface area (Å²) in [6.07, 6.45) is 0. The first-order valence-electron chi connectivity index (χ1n) is 5.04. The molecule has 0 saturated carbocycles. The van der Waals surface area contributed by atoms with E-state index in [4.69, 9.17) is 0 Å². The van der Waals surface area contributed by atoms with Crippen molar-refractivity contribution in [1.29, 1.82) is 0 Å². The Balaban J connectivity index is 2.89. The number of hydrogen-bond donors (Lipinski definition) is 2. The fourth-order valence-corrected chi connectivity index (χ4v) is 1.64. The molecule has 0 unspecified atom stereocenters. The van der Waals surface area contributed by atoms with Crippen LogP contribution in [-0.2, 0) is 10.0 Å². The Hall–Kier alpha value is -2.14. The third-order valence-corrected chi connectivity index (χ3v) is 2.92. The number of carbonyl (C=O) groups is 1. The van der Waals surface area contributed by atoms with E-state index in [0.717, 1.165) is 0 Å². The summed E-state index contributed by atoms with van der Waals surface area (Å²) in [7, 11) is -3.81. The van der Waals surface area contributed by atoms with Crippen LogP contribution in [0.1, 0.15) is 10.4 Å². The van der Waals surface area contributed by atoms with Crippen LogP contribution in [0.5, 0.6) is 0 Å². The van der Waals surface area contributed by atoms with Crippen LogP contribution >= 0.6 is 0 Å². The summed E-state index contributed by atoms with van der Waals surface area (Å²) in [5.74, 6) is -4.38. The van der Waals surface area contributed by atoms with Gasteiger partial charge in [-0.2, -0.15) is 4.39 Å². The summed E-state index contributed by atoms with van der Waals surface area (Å²) in [4.78, 5) is 20.7. The molecular formula is C9H9F2N3O5S. The van der Waals surface area contributed by atoms with Gasteiger partial charge < -0.3 is 5.32 Å². The van der Waals surface area contributed by atoms with Gasteiger partial charge in [-0.1, -0.05) is 0 Å². The molecule has 11 heteroatoms. The molecule has 8 nitrogen and oxygen atoms in total. The molecule has 3 N–H and O–H groups in total. The average Bonchev–Trinajstić information content (AvgIpc) is 2.29. The molecule has 0 radical (unpaired) electrons. The Kier molecular flexibility index (Phi) is 4.68. The van der Waals surface area contributed by atoms with Crippen molar-refractivity contribution in [3.8, 4) is 0 Å². The highest BCUT2D eigenvalue weighted by Gasteiger charge is 2.22. The lowest BCUT2D eigenvalue weighted by atomic mass is 10.1. The SMILES string of the molecule is NS(=O)(=O)CCNC(=O)c1cc(F)c([N+](=O)[O-])cc1F. The van der Waals surface area contributed by atoms with Gasteiger partial charge in [0.25, 0.3) is 5.91 Å². The van der Waals surface area contributed by atoms with Crippen molar-refractivity contribution in [2.24, 2.45) is 5.14 Å². The van der Waals surface area contributed by atoms with Crippen LogP contribution in [0, 0.1) is 21.7 Å². The van der Waals surface area contributed by atoms with Crippen molar-refractivity contribution < 1.29 is 26.9 Å². The third kappa shape index (κ3) is 4.20. The van der Waals surface area contributed by atoms with Crippen molar-refractivity contribution in [2.45, 2.75) is 0 Å². The highest BCUT2D eigenvalue weighted by Crippen LogP contribution is 2.21. The molecule has 20 heavy (non-hydrogen) atoms. The third-order valence-electron chi connectivity index (χ3n) is 2.15. The summed E-state index contributed by atoms with van der Waals surface area (Å²) in [5.41, 5.74) is -1.88. The van der Waals surface area contributed by atoms with Crippen LogP contribution in [0.15, 0.2) is 12.1 Å². The summed E-state index contributed by atoms with van der Waals surface area (Å²) in [5, 5.41) is 17.0. The molecule has 0 fully saturated rings. The van der Waals surface area contributed by atoms with E-state index in [9.17, 15) is 32.1 Å². The lowest BCUT2D eigenvalue weighted by molar-refractivity contribution is -0.387. The summed E-state index contributed by atoms with van der Waals surface area (Å²) >= 11 is 0. The molecule has 1 rings (SSSR count). The minimum Gasteiger partial charge on any atom is -0.351 e. The number of nitrogens with one attached hydrogen (secondary N) is 1. The lowest BCUT2D eigenvalue weighted by Crippen LogP contribution is -2.32. The van der Waals surface area contributed by atoms with E-state index in [1.165, 1.54) is 0 Å². The predicted molar refractivity (Wildman–Crippen MR) is 63.3 cm³/mol. The molecule has 110 valence electrons. The first-order valence-corrected chi connectivity index (χ1v) is 6.75. The minimum absolute atomic E-state index is 0.268. The lowest BCUT2D eigenvalue weighted by Gasteiger charge is -2.05. The number of amides is 1. The molecule has 0 heterocycles. The zero-order valence-electron chi connectivity index (χ0n) is 9.80. The van der Waals surface area contributed by atoms with Crippen molar-refractivity contribution in [3.63, 3.8) is 0 Å². The number of nitro groups is 1. The van der Waals surface area contributed by atoms with E-state index in [2.05, 4.69) is 5.14 Å². The number of sulfonamides is 1. The van der Waals surface area contributed by atoms with Gasteiger partial charge in [-0.05, 0) is 6.07 Å². The number of nitro benzene ring substituents is 1. The van der Waals surface area contributed by atoms with E-state index < -0.39 is 56.0 Å². The second-order valence-corrected chi connectivity index (χ2v) is 5.40. The van der Waals surface area contributed by atoms with Crippen molar-refractivity contribution in [1.82, 2.24) is 5.32 Å². The van der Waals surface area contributed by atoms with Crippen molar-refractivity contribution >= 4 is 21.6 Å². The van der Waals surface area contributed by atoms with Gasteiger partial charge in [0.2, 0.25) is 15.8 Å². The van der Waals surface area contributed by atoms with Gasteiger partial charge in [-0.3, -0.25) is 14.9 Å². The second-order valence-electron chi connectivity index (χ2n) is 3.66. The number of nitrogens with zero attached hydrogens (tertiary/aromatic N) is 1. The van der Waals surface area contributed by atoms with E-state index in [1.807, 2.05) is 5.32 Å². The molecule has 0 spiro atoms. The van der Waals surface area contributed by atoms with E-state index in [1.54, 1.807) is 0 Å². The number of benzene rings is 1. The Morgan fingerprint density at radius 3 is 2.45 bits per heavy atom. The largest absolute Gasteiger partial charge is 0.351 e. The summed E-state index contributed by atoms with van der Waals surface area (Å²) < 4.78 is 47.9. The second kappa shape index (κ2) is 5.88. The van der Waals surface area contributed by atoms with Crippen LogP contribution in [0.3, 0.4) is 0 Å². The predicted octanol–water partition coefficient (Wildman–Crippen LogP) is -0.109. The fourth-order valence-electron chi connectivity index (χ4n) is 1.25. The van der Waals surface area contributed by atoms with E-state index in [-0.39, 0.29) is 6.07 Å². The highest BCUT2D eigenvalue weighted by molar-refractivity contribution is 7.89. The number of halogens is 2. The van der Waals surface area contributed by atoms with E-state index in [0.29, 0.717) is 6.07 Å². The first-order chi connectivity index (χ1) is 9.11. The fraction of sp³-hybridized carbons (Fsp3) is 0.222. The Morgan fingerprint density at radius 1 is 1.35 bits per heavy atom. The van der Waals surface area contributed by atoms with Crippen molar-refractivity contribution in [2.75, 3.05) is 12.3 Å². The molecule has 0 bridgehead atoms. The number of carbonyl (C=O) groups excluding carboxylic acids is 1. The Bertz CT molecular complexity index is 662. The van der Waals surface area contributed by atoms with E-state index >= 15 is 0 Å². The molecule has 0 aromatic heterocycles. The normalized spacial score (nSPS) is 11.2. The van der Waals surface area contributed by atoms with Crippen LogP contribution in [-0.4, -0.2) is 31.5 Å². The molecular weight excluding hydrogens is 300 g/mol. The molecule has 1 amide bonds. The molecule has 0 atom stereocenters. The maximum Gasteiger partial charge on any atom is 0.307 e. The van der Waals surface area contributed by atoms with Gasteiger partial charge in [-0.15, -0.1) is 0 Å². The zero-order valence-corrected chi connectivity index (χ0v) is 10.6. The molecule has 0 aliphatic carbocycles. The number of rotatable bonds is 5. The molecule has 1 aromatic carbocycles. The van der Waals surface area contributed by atoms with Gasteiger partial charge in [0, 0.05) is 6.54 Å². The number of hydrogen-bond acceptors (Lipinski definition) is 5. The van der Waals surface area contributed by atoms with Crippen LogP contribution in [0.25, 0.3) is 0 Å². The maximum absolute atomic E-state index is 13.4. The zero-order chi connectivity index (χ0) is 15.5. The Morgan fingerprint density at radius 2 is 1.95 bits per heavy atom. The van der Waals surface area contributed by atoms with Gasteiger partial charge in [0.05, 0.1) is 22.3 Å². The maximum atomic E-state index is 13.4. The van der Waals surface area contributed by atoms with Gasteiger partial charge in [-0.25, -0.2) is 17.9 Å². The quantitative estimate of drug-likeness (QED) is 0.578. The smallest absolute Gasteiger partial charge is 0.307 e. The molecule has 0 aliphatic rings. The highest BCUT2D eigenvalue weighted by atomic mass is 32.2.